The van der Waals surface area contributed by atoms with Crippen LogP contribution in [-0.2, 0) is 6.42 Å². The fraction of sp³-hybridized carbons (Fsp3) is 0.310. The first-order valence-corrected chi connectivity index (χ1v) is 12.4. The minimum Gasteiger partial charge on any atom is -0.366 e. The molecule has 2 aromatic carbocycles. The zero-order valence-corrected chi connectivity index (χ0v) is 21.4. The standard InChI is InChI=1S/C29H32N4S/c1-6-20-10-13-22(14-11-20)33-27(26(31-28(33)34)24-9-7-8-16-30-24)21-12-15-25-23(17-21)19(2)18-29(3,4)32(25)5/h7-18,26-27H,6H2,1-5H3,(H,31,34)/t26-,27-/m1/s1. The largest absolute Gasteiger partial charge is 0.366 e. The van der Waals surface area contributed by atoms with E-state index in [1.807, 2.05) is 18.3 Å². The van der Waals surface area contributed by atoms with Gasteiger partial charge in [-0.05, 0) is 92.5 Å². The van der Waals surface area contributed by atoms with Gasteiger partial charge in [-0.2, -0.15) is 0 Å². The Morgan fingerprint density at radius 1 is 1.06 bits per heavy atom. The number of likely N-dealkylation sites (N-methyl/N-ethyl adjacent to an activating group) is 1. The van der Waals surface area contributed by atoms with E-state index < -0.39 is 0 Å². The van der Waals surface area contributed by atoms with Crippen LogP contribution in [0, 0.1) is 0 Å². The first kappa shape index (κ1) is 22.6. The highest BCUT2D eigenvalue weighted by molar-refractivity contribution is 7.80. The third-order valence-corrected chi connectivity index (χ3v) is 7.62. The summed E-state index contributed by atoms with van der Waals surface area (Å²) in [4.78, 5) is 9.30. The summed E-state index contributed by atoms with van der Waals surface area (Å²) in [5, 5.41) is 4.31. The number of benzene rings is 2. The average molecular weight is 469 g/mol. The quantitative estimate of drug-likeness (QED) is 0.445. The summed E-state index contributed by atoms with van der Waals surface area (Å²) < 4.78 is 0. The molecule has 1 fully saturated rings. The lowest BCUT2D eigenvalue weighted by Crippen LogP contribution is -2.42. The molecule has 1 aromatic heterocycles. The Balaban J connectivity index is 1.64. The summed E-state index contributed by atoms with van der Waals surface area (Å²) in [6.45, 7) is 8.90. The normalized spacial score (nSPS) is 21.2. The molecule has 0 bridgehead atoms. The molecule has 2 aliphatic heterocycles. The minimum absolute atomic E-state index is 0.00628. The van der Waals surface area contributed by atoms with E-state index in [0.29, 0.717) is 0 Å². The SMILES string of the molecule is CCc1ccc(N2C(=S)N[C@H](c3ccccn3)[C@H]2c2ccc3c(c2)C(C)=CC(C)(C)N3C)cc1. The van der Waals surface area contributed by atoms with Crippen LogP contribution in [0.25, 0.3) is 5.57 Å². The van der Waals surface area contributed by atoms with Gasteiger partial charge < -0.3 is 15.1 Å². The lowest BCUT2D eigenvalue weighted by atomic mass is 9.86. The van der Waals surface area contributed by atoms with E-state index in [0.717, 1.165) is 22.9 Å². The van der Waals surface area contributed by atoms with Crippen LogP contribution in [0.5, 0.6) is 0 Å². The summed E-state index contributed by atoms with van der Waals surface area (Å²) in [5.74, 6) is 0. The number of hydrogen-bond donors (Lipinski definition) is 1. The van der Waals surface area contributed by atoms with Crippen molar-refractivity contribution in [2.45, 2.75) is 51.7 Å². The highest BCUT2D eigenvalue weighted by Gasteiger charge is 2.41. The fourth-order valence-corrected chi connectivity index (χ4v) is 5.57. The highest BCUT2D eigenvalue weighted by Crippen LogP contribution is 2.45. The van der Waals surface area contributed by atoms with Crippen LogP contribution in [0.2, 0.25) is 0 Å². The Labute approximate surface area is 208 Å². The van der Waals surface area contributed by atoms with Crippen molar-refractivity contribution in [3.8, 4) is 0 Å². The van der Waals surface area contributed by atoms with Crippen LogP contribution in [0.1, 0.15) is 62.2 Å². The summed E-state index contributed by atoms with van der Waals surface area (Å²) in [5.41, 5.74) is 8.46. The van der Waals surface area contributed by atoms with Crippen LogP contribution in [0.4, 0.5) is 11.4 Å². The molecule has 0 saturated carbocycles. The number of fused-ring (bicyclic) bond motifs is 1. The summed E-state index contributed by atoms with van der Waals surface area (Å²) in [6, 6.07) is 21.6. The molecule has 3 aromatic rings. The van der Waals surface area contributed by atoms with Crippen molar-refractivity contribution in [3.05, 3.63) is 95.3 Å². The van der Waals surface area contributed by atoms with Crippen LogP contribution >= 0.6 is 12.2 Å². The van der Waals surface area contributed by atoms with Crippen LogP contribution in [-0.4, -0.2) is 22.7 Å². The van der Waals surface area contributed by atoms with E-state index in [1.54, 1.807) is 0 Å². The number of aryl methyl sites for hydroxylation is 1. The maximum Gasteiger partial charge on any atom is 0.174 e. The lowest BCUT2D eigenvalue weighted by Gasteiger charge is -2.41. The second-order valence-electron chi connectivity index (χ2n) is 9.83. The smallest absolute Gasteiger partial charge is 0.174 e. The van der Waals surface area contributed by atoms with Crippen molar-refractivity contribution in [2.24, 2.45) is 0 Å². The van der Waals surface area contributed by atoms with E-state index in [-0.39, 0.29) is 17.6 Å². The van der Waals surface area contributed by atoms with Gasteiger partial charge in [0.15, 0.2) is 5.11 Å². The third-order valence-electron chi connectivity index (χ3n) is 7.30. The molecule has 5 heteroatoms. The number of aromatic nitrogens is 1. The average Bonchev–Trinajstić information content (AvgIpc) is 3.19. The van der Waals surface area contributed by atoms with Crippen LogP contribution < -0.4 is 15.1 Å². The van der Waals surface area contributed by atoms with Gasteiger partial charge in [-0.1, -0.05) is 37.3 Å². The van der Waals surface area contributed by atoms with Gasteiger partial charge >= 0.3 is 0 Å². The predicted octanol–water partition coefficient (Wildman–Crippen LogP) is 6.45. The third kappa shape index (κ3) is 3.78. The van der Waals surface area contributed by atoms with E-state index in [2.05, 4.69) is 104 Å². The Kier molecular flexibility index (Phi) is 5.68. The number of rotatable bonds is 4. The Hall–Kier alpha value is -3.18. The molecule has 5 rings (SSSR count). The molecular formula is C29H32N4S. The van der Waals surface area contributed by atoms with Crippen molar-refractivity contribution in [3.63, 3.8) is 0 Å². The topological polar surface area (TPSA) is 31.4 Å². The zero-order valence-electron chi connectivity index (χ0n) is 20.5. The Bertz CT molecular complexity index is 1250. The minimum atomic E-state index is -0.0420. The number of nitrogens with zero attached hydrogens (tertiary/aromatic N) is 3. The second-order valence-corrected chi connectivity index (χ2v) is 10.2. The van der Waals surface area contributed by atoms with Crippen molar-refractivity contribution in [1.82, 2.24) is 10.3 Å². The molecule has 0 radical (unpaired) electrons. The number of hydrogen-bond acceptors (Lipinski definition) is 3. The van der Waals surface area contributed by atoms with Crippen molar-refractivity contribution < 1.29 is 0 Å². The van der Waals surface area contributed by atoms with Gasteiger partial charge in [-0.25, -0.2) is 0 Å². The number of pyridine rings is 1. The number of thiocarbonyl (C=S) groups is 1. The monoisotopic (exact) mass is 468 g/mol. The number of allylic oxidation sites excluding steroid dienone is 1. The van der Waals surface area contributed by atoms with Crippen molar-refractivity contribution in [1.29, 1.82) is 0 Å². The molecule has 2 aliphatic rings. The first-order valence-electron chi connectivity index (χ1n) is 12.0. The molecule has 0 amide bonds. The van der Waals surface area contributed by atoms with E-state index in [9.17, 15) is 0 Å². The maximum absolute atomic E-state index is 5.90. The molecule has 34 heavy (non-hydrogen) atoms. The summed E-state index contributed by atoms with van der Waals surface area (Å²) >= 11 is 5.90. The van der Waals surface area contributed by atoms with Crippen LogP contribution in [0.15, 0.2) is 72.9 Å². The van der Waals surface area contributed by atoms with E-state index in [1.165, 1.54) is 28.0 Å². The Morgan fingerprint density at radius 3 is 2.50 bits per heavy atom. The molecular weight excluding hydrogens is 436 g/mol. The highest BCUT2D eigenvalue weighted by atomic mass is 32.1. The van der Waals surface area contributed by atoms with Gasteiger partial charge in [0.1, 0.15) is 0 Å². The molecule has 3 heterocycles. The molecule has 0 unspecified atom stereocenters. The van der Waals surface area contributed by atoms with Gasteiger partial charge in [-0.15, -0.1) is 0 Å². The molecule has 0 aliphatic carbocycles. The first-order chi connectivity index (χ1) is 16.3. The van der Waals surface area contributed by atoms with Crippen molar-refractivity contribution >= 4 is 34.3 Å². The fourth-order valence-electron chi connectivity index (χ4n) is 5.22. The summed E-state index contributed by atoms with van der Waals surface area (Å²) in [6.07, 6.45) is 5.23. The molecule has 4 nitrogen and oxygen atoms in total. The van der Waals surface area contributed by atoms with E-state index in [4.69, 9.17) is 17.2 Å². The predicted molar refractivity (Wildman–Crippen MR) is 146 cm³/mol. The second kappa shape index (κ2) is 8.55. The molecule has 0 spiro atoms. The molecule has 1 N–H and O–H groups in total. The Morgan fingerprint density at radius 2 is 1.82 bits per heavy atom. The molecule has 1 saturated heterocycles. The van der Waals surface area contributed by atoms with Crippen molar-refractivity contribution in [2.75, 3.05) is 16.8 Å². The van der Waals surface area contributed by atoms with Gasteiger partial charge in [0.2, 0.25) is 0 Å². The molecule has 2 atom stereocenters. The number of anilines is 2. The zero-order chi connectivity index (χ0) is 24.0. The van der Waals surface area contributed by atoms with Gasteiger partial charge in [0.25, 0.3) is 0 Å². The maximum atomic E-state index is 5.90. The van der Waals surface area contributed by atoms with Gasteiger partial charge in [0, 0.05) is 30.2 Å². The lowest BCUT2D eigenvalue weighted by molar-refractivity contribution is 0.566. The molecule has 174 valence electrons. The van der Waals surface area contributed by atoms with E-state index >= 15 is 0 Å². The van der Waals surface area contributed by atoms with Crippen LogP contribution in [0.3, 0.4) is 0 Å². The van der Waals surface area contributed by atoms with Gasteiger partial charge in [-0.3, -0.25) is 4.98 Å². The summed E-state index contributed by atoms with van der Waals surface area (Å²) in [7, 11) is 2.17. The number of nitrogens with one attached hydrogen (secondary N) is 1. The van der Waals surface area contributed by atoms with Gasteiger partial charge in [0.05, 0.1) is 23.3 Å².